The molecule has 4 rings (SSSR count). The number of nitrogens with zero attached hydrogens (tertiary/aromatic N) is 1. The van der Waals surface area contributed by atoms with Crippen molar-refractivity contribution in [3.8, 4) is 5.75 Å². The minimum atomic E-state index is -3.65. The van der Waals surface area contributed by atoms with Crippen LogP contribution in [0.15, 0.2) is 45.8 Å². The van der Waals surface area contributed by atoms with Gasteiger partial charge in [0, 0.05) is 31.2 Å². The second-order valence-corrected chi connectivity index (χ2v) is 11.7. The minimum absolute atomic E-state index is 0.0851. The summed E-state index contributed by atoms with van der Waals surface area (Å²) in [7, 11) is -3.65. The Morgan fingerprint density at radius 1 is 1.09 bits per heavy atom. The zero-order chi connectivity index (χ0) is 23.6. The summed E-state index contributed by atoms with van der Waals surface area (Å²) in [5, 5.41) is 6.89. The van der Waals surface area contributed by atoms with Crippen molar-refractivity contribution in [3.63, 3.8) is 0 Å². The molecular formula is C22H24BrCl2N3O4S. The molecule has 2 aliphatic rings. The van der Waals surface area contributed by atoms with Gasteiger partial charge in [0.1, 0.15) is 11.9 Å². The van der Waals surface area contributed by atoms with Gasteiger partial charge in [-0.15, -0.1) is 0 Å². The first kappa shape index (κ1) is 24.8. The molecule has 0 aromatic heterocycles. The van der Waals surface area contributed by atoms with E-state index in [1.54, 1.807) is 30.3 Å². The third kappa shape index (κ3) is 5.83. The fraction of sp³-hybridized carbons (Fsp3) is 0.409. The molecule has 1 atom stereocenters. The van der Waals surface area contributed by atoms with Gasteiger partial charge in [0.15, 0.2) is 0 Å². The van der Waals surface area contributed by atoms with E-state index in [0.29, 0.717) is 51.8 Å². The van der Waals surface area contributed by atoms with Gasteiger partial charge in [0.2, 0.25) is 10.0 Å². The number of ether oxygens (including phenoxy) is 1. The third-order valence-corrected chi connectivity index (χ3v) is 9.07. The molecule has 7 nitrogen and oxygen atoms in total. The quantitative estimate of drug-likeness (QED) is 0.541. The summed E-state index contributed by atoms with van der Waals surface area (Å²) in [6, 6.07) is 9.44. The molecule has 0 aliphatic carbocycles. The van der Waals surface area contributed by atoms with E-state index in [2.05, 4.69) is 26.6 Å². The van der Waals surface area contributed by atoms with Crippen LogP contribution < -0.4 is 15.4 Å². The number of carbonyl (C=O) groups is 1. The number of benzene rings is 2. The molecule has 0 bridgehead atoms. The van der Waals surface area contributed by atoms with Crippen LogP contribution in [-0.2, 0) is 10.0 Å². The molecule has 0 radical (unpaired) electrons. The Bertz CT molecular complexity index is 1130. The number of rotatable bonds is 6. The second-order valence-electron chi connectivity index (χ2n) is 8.11. The predicted molar refractivity (Wildman–Crippen MR) is 132 cm³/mol. The van der Waals surface area contributed by atoms with Gasteiger partial charge in [-0.3, -0.25) is 4.79 Å². The van der Waals surface area contributed by atoms with Crippen molar-refractivity contribution in [2.45, 2.75) is 36.3 Å². The lowest BCUT2D eigenvalue weighted by Gasteiger charge is -2.31. The van der Waals surface area contributed by atoms with Crippen LogP contribution in [0, 0.1) is 0 Å². The SMILES string of the molecule is O=C(NC1CCN(S(=O)(=O)c2ccc(O[C@H]3CCNC3)c(Br)c2)CC1)c1ccc(Cl)c(Cl)c1. The van der Waals surface area contributed by atoms with Crippen LogP contribution >= 0.6 is 39.1 Å². The Morgan fingerprint density at radius 3 is 2.48 bits per heavy atom. The number of halogens is 3. The largest absolute Gasteiger partial charge is 0.488 e. The van der Waals surface area contributed by atoms with Gasteiger partial charge in [0.25, 0.3) is 5.91 Å². The first-order chi connectivity index (χ1) is 15.7. The minimum Gasteiger partial charge on any atom is -0.488 e. The Kier molecular flexibility index (Phi) is 7.87. The fourth-order valence-corrected chi connectivity index (χ4v) is 6.36. The average molecular weight is 577 g/mol. The summed E-state index contributed by atoms with van der Waals surface area (Å²) in [4.78, 5) is 12.7. The molecule has 2 heterocycles. The summed E-state index contributed by atoms with van der Waals surface area (Å²) in [6.45, 7) is 2.33. The lowest BCUT2D eigenvalue weighted by Crippen LogP contribution is -2.46. The molecule has 0 spiro atoms. The molecule has 0 unspecified atom stereocenters. The Hall–Kier alpha value is -1.36. The van der Waals surface area contributed by atoms with Crippen molar-refractivity contribution in [2.75, 3.05) is 26.2 Å². The molecule has 2 aromatic rings. The summed E-state index contributed by atoms with van der Waals surface area (Å²) >= 11 is 15.3. The van der Waals surface area contributed by atoms with Gasteiger partial charge in [-0.05, 0) is 78.1 Å². The highest BCUT2D eigenvalue weighted by Crippen LogP contribution is 2.31. The van der Waals surface area contributed by atoms with Crippen LogP contribution in [0.2, 0.25) is 10.0 Å². The van der Waals surface area contributed by atoms with E-state index in [0.717, 1.165) is 19.5 Å². The van der Waals surface area contributed by atoms with Crippen LogP contribution in [0.1, 0.15) is 29.6 Å². The normalized spacial score (nSPS) is 20.0. The molecule has 1 amide bonds. The van der Waals surface area contributed by atoms with Crippen molar-refractivity contribution in [2.24, 2.45) is 0 Å². The van der Waals surface area contributed by atoms with E-state index in [1.807, 2.05) is 0 Å². The number of amides is 1. The first-order valence-corrected chi connectivity index (χ1v) is 13.7. The second kappa shape index (κ2) is 10.5. The number of nitrogens with one attached hydrogen (secondary N) is 2. The lowest BCUT2D eigenvalue weighted by atomic mass is 10.1. The highest BCUT2D eigenvalue weighted by Gasteiger charge is 2.31. The van der Waals surface area contributed by atoms with Crippen molar-refractivity contribution >= 4 is 55.1 Å². The Labute approximate surface area is 211 Å². The molecule has 2 aromatic carbocycles. The average Bonchev–Trinajstić information content (AvgIpc) is 3.30. The lowest BCUT2D eigenvalue weighted by molar-refractivity contribution is 0.0924. The Morgan fingerprint density at radius 2 is 1.85 bits per heavy atom. The fourth-order valence-electron chi connectivity index (χ4n) is 3.94. The molecule has 2 fully saturated rings. The highest BCUT2D eigenvalue weighted by molar-refractivity contribution is 9.10. The molecule has 0 saturated carbocycles. The van der Waals surface area contributed by atoms with E-state index in [1.165, 1.54) is 10.4 Å². The van der Waals surface area contributed by atoms with Crippen molar-refractivity contribution in [1.29, 1.82) is 0 Å². The van der Waals surface area contributed by atoms with Crippen LogP contribution in [-0.4, -0.2) is 57.0 Å². The van der Waals surface area contributed by atoms with Gasteiger partial charge >= 0.3 is 0 Å². The number of piperidine rings is 1. The molecular weight excluding hydrogens is 553 g/mol. The summed E-state index contributed by atoms with van der Waals surface area (Å²) in [6.07, 6.45) is 2.04. The summed E-state index contributed by atoms with van der Waals surface area (Å²) in [5.74, 6) is 0.373. The monoisotopic (exact) mass is 575 g/mol. The van der Waals surface area contributed by atoms with E-state index in [4.69, 9.17) is 27.9 Å². The molecule has 2 N–H and O–H groups in total. The Balaban J connectivity index is 1.36. The smallest absolute Gasteiger partial charge is 0.251 e. The van der Waals surface area contributed by atoms with Crippen LogP contribution in [0.25, 0.3) is 0 Å². The van der Waals surface area contributed by atoms with Gasteiger partial charge < -0.3 is 15.4 Å². The van der Waals surface area contributed by atoms with Gasteiger partial charge in [-0.25, -0.2) is 8.42 Å². The van der Waals surface area contributed by atoms with Crippen LogP contribution in [0.5, 0.6) is 5.75 Å². The van der Waals surface area contributed by atoms with Crippen molar-refractivity contribution in [3.05, 3.63) is 56.5 Å². The molecule has 33 heavy (non-hydrogen) atoms. The van der Waals surface area contributed by atoms with E-state index < -0.39 is 10.0 Å². The molecule has 2 saturated heterocycles. The zero-order valence-corrected chi connectivity index (χ0v) is 21.6. The van der Waals surface area contributed by atoms with E-state index in [9.17, 15) is 13.2 Å². The van der Waals surface area contributed by atoms with Crippen LogP contribution in [0.3, 0.4) is 0 Å². The maximum Gasteiger partial charge on any atom is 0.251 e. The molecule has 178 valence electrons. The summed E-state index contributed by atoms with van der Waals surface area (Å²) < 4.78 is 34.3. The topological polar surface area (TPSA) is 87.7 Å². The number of hydrogen-bond donors (Lipinski definition) is 2. The van der Waals surface area contributed by atoms with Gasteiger partial charge in [-0.2, -0.15) is 4.31 Å². The number of hydrogen-bond acceptors (Lipinski definition) is 5. The highest BCUT2D eigenvalue weighted by atomic mass is 79.9. The maximum atomic E-state index is 13.2. The zero-order valence-electron chi connectivity index (χ0n) is 17.7. The first-order valence-electron chi connectivity index (χ1n) is 10.7. The summed E-state index contributed by atoms with van der Waals surface area (Å²) in [5.41, 5.74) is 0.417. The molecule has 11 heteroatoms. The maximum absolute atomic E-state index is 13.2. The number of carbonyl (C=O) groups excluding carboxylic acids is 1. The predicted octanol–water partition coefficient (Wildman–Crippen LogP) is 4.08. The number of sulfonamides is 1. The van der Waals surface area contributed by atoms with Crippen molar-refractivity contribution < 1.29 is 17.9 Å². The van der Waals surface area contributed by atoms with Gasteiger partial charge in [0.05, 0.1) is 19.4 Å². The molecule has 2 aliphatic heterocycles. The van der Waals surface area contributed by atoms with Gasteiger partial charge in [-0.1, -0.05) is 23.2 Å². The third-order valence-electron chi connectivity index (χ3n) is 5.82. The van der Waals surface area contributed by atoms with Crippen molar-refractivity contribution in [1.82, 2.24) is 14.9 Å². The van der Waals surface area contributed by atoms with E-state index >= 15 is 0 Å². The standard InChI is InChI=1S/C22H24BrCl2N3O4S/c23-18-12-17(2-4-21(18)32-16-5-8-26-13-16)33(30,31)28-9-6-15(7-10-28)27-22(29)14-1-3-19(24)20(25)11-14/h1-4,11-12,15-16,26H,5-10,13H2,(H,27,29)/t16-/m0/s1. The van der Waals surface area contributed by atoms with E-state index in [-0.39, 0.29) is 22.9 Å². The van der Waals surface area contributed by atoms with Crippen LogP contribution in [0.4, 0.5) is 0 Å².